The number of rotatable bonds is 1. The van der Waals surface area contributed by atoms with E-state index in [2.05, 4.69) is 11.8 Å². The maximum Gasteiger partial charge on any atom is 0.0771 e. The summed E-state index contributed by atoms with van der Waals surface area (Å²) < 4.78 is 0. The first-order valence-electron chi connectivity index (χ1n) is 2.94. The van der Waals surface area contributed by atoms with Gasteiger partial charge in [-0.25, -0.2) is 0 Å². The van der Waals surface area contributed by atoms with Crippen LogP contribution >= 0.6 is 22.9 Å². The van der Waals surface area contributed by atoms with E-state index in [1.807, 2.05) is 19.1 Å². The smallest absolute Gasteiger partial charge is 0.0771 e. The van der Waals surface area contributed by atoms with Crippen LogP contribution in [0, 0.1) is 11.8 Å². The van der Waals surface area contributed by atoms with Crippen molar-refractivity contribution in [2.75, 3.05) is 0 Å². The average molecular weight is 171 g/mol. The van der Waals surface area contributed by atoms with Gasteiger partial charge in [0.05, 0.1) is 10.8 Å². The zero-order valence-corrected chi connectivity index (χ0v) is 7.22. The highest BCUT2D eigenvalue weighted by atomic mass is 35.5. The molecule has 0 atom stereocenters. The van der Waals surface area contributed by atoms with E-state index in [-0.39, 0.29) is 0 Å². The fourth-order valence-corrected chi connectivity index (χ4v) is 1.66. The lowest BCUT2D eigenvalue weighted by molar-refractivity contribution is 1.53. The molecule has 1 rings (SSSR count). The van der Waals surface area contributed by atoms with Crippen molar-refractivity contribution in [3.05, 3.63) is 21.9 Å². The number of halogens is 1. The van der Waals surface area contributed by atoms with Crippen molar-refractivity contribution in [2.45, 2.75) is 12.8 Å². The van der Waals surface area contributed by atoms with Crippen LogP contribution in [-0.2, 0) is 5.88 Å². The second kappa shape index (κ2) is 3.65. The third-order valence-corrected chi connectivity index (χ3v) is 2.49. The number of thiophene rings is 1. The molecule has 0 bridgehead atoms. The molecule has 52 valence electrons. The molecule has 2 heteroatoms. The summed E-state index contributed by atoms with van der Waals surface area (Å²) >= 11 is 7.25. The van der Waals surface area contributed by atoms with E-state index in [1.54, 1.807) is 11.3 Å². The minimum atomic E-state index is 0.593. The van der Waals surface area contributed by atoms with Gasteiger partial charge in [0.1, 0.15) is 0 Å². The van der Waals surface area contributed by atoms with Crippen molar-refractivity contribution >= 4 is 22.9 Å². The highest BCUT2D eigenvalue weighted by molar-refractivity contribution is 7.12. The first-order chi connectivity index (χ1) is 4.86. The Hall–Kier alpha value is -0.450. The van der Waals surface area contributed by atoms with Gasteiger partial charge in [-0.2, -0.15) is 0 Å². The fourth-order valence-electron chi connectivity index (χ4n) is 0.640. The SMILES string of the molecule is CC#Cc1ccc(CCl)s1. The van der Waals surface area contributed by atoms with Gasteiger partial charge >= 0.3 is 0 Å². The molecule has 0 aliphatic heterocycles. The Labute approximate surface area is 69.8 Å². The van der Waals surface area contributed by atoms with Crippen molar-refractivity contribution in [3.8, 4) is 11.8 Å². The molecule has 1 aromatic heterocycles. The minimum absolute atomic E-state index is 0.593. The van der Waals surface area contributed by atoms with Crippen LogP contribution in [0.5, 0.6) is 0 Å². The third kappa shape index (κ3) is 1.76. The lowest BCUT2D eigenvalue weighted by Gasteiger charge is -1.79. The van der Waals surface area contributed by atoms with Gasteiger partial charge in [-0.3, -0.25) is 0 Å². The van der Waals surface area contributed by atoms with E-state index in [0.29, 0.717) is 5.88 Å². The van der Waals surface area contributed by atoms with Gasteiger partial charge in [-0.05, 0) is 19.1 Å². The highest BCUT2D eigenvalue weighted by Crippen LogP contribution is 2.16. The van der Waals surface area contributed by atoms with Gasteiger partial charge in [0.15, 0.2) is 0 Å². The van der Waals surface area contributed by atoms with Gasteiger partial charge in [-0.1, -0.05) is 5.92 Å². The summed E-state index contributed by atoms with van der Waals surface area (Å²) in [6.45, 7) is 1.83. The molecule has 0 aliphatic rings. The summed E-state index contributed by atoms with van der Waals surface area (Å²) in [6, 6.07) is 4.01. The zero-order valence-electron chi connectivity index (χ0n) is 5.65. The standard InChI is InChI=1S/C8H7ClS/c1-2-3-7-4-5-8(6-9)10-7/h4-5H,6H2,1H3. The maximum absolute atomic E-state index is 5.60. The molecule has 0 nitrogen and oxygen atoms in total. The third-order valence-electron chi connectivity index (χ3n) is 1.04. The molecule has 0 unspecified atom stereocenters. The Morgan fingerprint density at radius 3 is 2.90 bits per heavy atom. The van der Waals surface area contributed by atoms with E-state index < -0.39 is 0 Å². The van der Waals surface area contributed by atoms with E-state index in [0.717, 1.165) is 4.88 Å². The number of alkyl halides is 1. The summed E-state index contributed by atoms with van der Waals surface area (Å²) in [6.07, 6.45) is 0. The van der Waals surface area contributed by atoms with Crippen molar-refractivity contribution < 1.29 is 0 Å². The predicted molar refractivity (Wildman–Crippen MR) is 46.4 cm³/mol. The predicted octanol–water partition coefficient (Wildman–Crippen LogP) is 2.86. The molecule has 0 spiro atoms. The summed E-state index contributed by atoms with van der Waals surface area (Å²) in [7, 11) is 0. The molecule has 0 aromatic carbocycles. The molecule has 1 aromatic rings. The summed E-state index contributed by atoms with van der Waals surface area (Å²) in [5.41, 5.74) is 0. The van der Waals surface area contributed by atoms with E-state index >= 15 is 0 Å². The van der Waals surface area contributed by atoms with Gasteiger partial charge in [0.25, 0.3) is 0 Å². The van der Waals surface area contributed by atoms with Crippen LogP contribution in [-0.4, -0.2) is 0 Å². The van der Waals surface area contributed by atoms with Crippen molar-refractivity contribution in [2.24, 2.45) is 0 Å². The summed E-state index contributed by atoms with van der Waals surface area (Å²) in [5, 5.41) is 0. The van der Waals surface area contributed by atoms with Gasteiger partial charge < -0.3 is 0 Å². The van der Waals surface area contributed by atoms with Crippen molar-refractivity contribution in [1.82, 2.24) is 0 Å². The Morgan fingerprint density at radius 1 is 1.60 bits per heavy atom. The van der Waals surface area contributed by atoms with Crippen LogP contribution in [0.4, 0.5) is 0 Å². The summed E-state index contributed by atoms with van der Waals surface area (Å²) in [4.78, 5) is 2.28. The molecule has 10 heavy (non-hydrogen) atoms. The van der Waals surface area contributed by atoms with Crippen LogP contribution in [0.2, 0.25) is 0 Å². The van der Waals surface area contributed by atoms with Crippen molar-refractivity contribution in [1.29, 1.82) is 0 Å². The quantitative estimate of drug-likeness (QED) is 0.449. The molecule has 0 saturated carbocycles. The van der Waals surface area contributed by atoms with Crippen LogP contribution in [0.3, 0.4) is 0 Å². The van der Waals surface area contributed by atoms with E-state index in [4.69, 9.17) is 11.6 Å². The molecular weight excluding hydrogens is 164 g/mol. The summed E-state index contributed by atoms with van der Waals surface area (Å²) in [5.74, 6) is 6.40. The number of hydrogen-bond acceptors (Lipinski definition) is 1. The van der Waals surface area contributed by atoms with Crippen LogP contribution < -0.4 is 0 Å². The molecule has 0 N–H and O–H groups in total. The second-order valence-electron chi connectivity index (χ2n) is 1.77. The van der Waals surface area contributed by atoms with Gasteiger partial charge in [-0.15, -0.1) is 28.9 Å². The lowest BCUT2D eigenvalue weighted by atomic mass is 10.4. The molecule has 1 heterocycles. The fraction of sp³-hybridized carbons (Fsp3) is 0.250. The Morgan fingerprint density at radius 2 is 2.40 bits per heavy atom. The lowest BCUT2D eigenvalue weighted by Crippen LogP contribution is -1.59. The highest BCUT2D eigenvalue weighted by Gasteiger charge is 1.93. The van der Waals surface area contributed by atoms with Crippen LogP contribution in [0.1, 0.15) is 16.7 Å². The molecule has 0 radical (unpaired) electrons. The second-order valence-corrected chi connectivity index (χ2v) is 3.21. The zero-order chi connectivity index (χ0) is 7.40. The van der Waals surface area contributed by atoms with E-state index in [9.17, 15) is 0 Å². The molecular formula is C8H7ClS. The first-order valence-corrected chi connectivity index (χ1v) is 4.29. The van der Waals surface area contributed by atoms with Gasteiger partial charge in [0.2, 0.25) is 0 Å². The molecule has 0 saturated heterocycles. The molecule has 0 amide bonds. The largest absolute Gasteiger partial charge is 0.130 e. The monoisotopic (exact) mass is 170 g/mol. The molecule has 0 fully saturated rings. The Bertz CT molecular complexity index is 264. The topological polar surface area (TPSA) is 0 Å². The van der Waals surface area contributed by atoms with Crippen molar-refractivity contribution in [3.63, 3.8) is 0 Å². The Kier molecular flexibility index (Phi) is 2.80. The van der Waals surface area contributed by atoms with Crippen LogP contribution in [0.25, 0.3) is 0 Å². The van der Waals surface area contributed by atoms with Gasteiger partial charge in [0, 0.05) is 4.88 Å². The van der Waals surface area contributed by atoms with E-state index in [1.165, 1.54) is 4.88 Å². The Balaban J connectivity index is 2.84. The minimum Gasteiger partial charge on any atom is -0.130 e. The normalized spacial score (nSPS) is 8.60. The van der Waals surface area contributed by atoms with Crippen LogP contribution in [0.15, 0.2) is 12.1 Å². The maximum atomic E-state index is 5.60. The first kappa shape index (κ1) is 7.65. The number of hydrogen-bond donors (Lipinski definition) is 0. The molecule has 0 aliphatic carbocycles. The average Bonchev–Trinajstić information content (AvgIpc) is 2.37.